The van der Waals surface area contributed by atoms with E-state index < -0.39 is 0 Å². The second-order valence-corrected chi connectivity index (χ2v) is 3.19. The van der Waals surface area contributed by atoms with Gasteiger partial charge in [0.25, 0.3) is 0 Å². The molecule has 0 unspecified atom stereocenters. The Balaban J connectivity index is 3.64. The largest absolute Gasteiger partial charge is 0.354 e. The van der Waals surface area contributed by atoms with Crippen molar-refractivity contribution in [3.63, 3.8) is 0 Å². The molecule has 3 nitrogen and oxygen atoms in total. The normalized spacial score (nSPS) is 10.8. The van der Waals surface area contributed by atoms with Crippen molar-refractivity contribution in [2.24, 2.45) is 0 Å². The Kier molecular flexibility index (Phi) is 5.85. The molecule has 0 aliphatic heterocycles. The van der Waals surface area contributed by atoms with E-state index >= 15 is 0 Å². The first-order valence-electron chi connectivity index (χ1n) is 4.51. The summed E-state index contributed by atoms with van der Waals surface area (Å²) >= 11 is 0. The standard InChI is InChI=1S/C10H17NO2/c1-4-5-9(12)6-7-10(13)11-8(2)3/h4-5,8H,6-7H2,1-3H3,(H,11,13)/b5-4+. The van der Waals surface area contributed by atoms with Crippen LogP contribution in [0, 0.1) is 0 Å². The molecule has 3 heteroatoms. The number of amides is 1. The van der Waals surface area contributed by atoms with Crippen molar-refractivity contribution in [3.8, 4) is 0 Å². The van der Waals surface area contributed by atoms with Crippen LogP contribution < -0.4 is 5.32 Å². The lowest BCUT2D eigenvalue weighted by molar-refractivity contribution is -0.124. The summed E-state index contributed by atoms with van der Waals surface area (Å²) in [6.07, 6.45) is 3.75. The third-order valence-corrected chi connectivity index (χ3v) is 1.40. The lowest BCUT2D eigenvalue weighted by atomic mass is 10.2. The van der Waals surface area contributed by atoms with Gasteiger partial charge in [0.1, 0.15) is 0 Å². The first-order valence-corrected chi connectivity index (χ1v) is 4.51. The van der Waals surface area contributed by atoms with Gasteiger partial charge in [-0.1, -0.05) is 6.08 Å². The third-order valence-electron chi connectivity index (χ3n) is 1.40. The maximum Gasteiger partial charge on any atom is 0.220 e. The predicted octanol–water partition coefficient (Wildman–Crippen LogP) is 1.44. The lowest BCUT2D eigenvalue weighted by Gasteiger charge is -2.06. The van der Waals surface area contributed by atoms with E-state index in [1.807, 2.05) is 13.8 Å². The van der Waals surface area contributed by atoms with Crippen LogP contribution in [0.4, 0.5) is 0 Å². The van der Waals surface area contributed by atoms with Crippen LogP contribution in [0.2, 0.25) is 0 Å². The number of hydrogen-bond donors (Lipinski definition) is 1. The Morgan fingerprint density at radius 2 is 1.92 bits per heavy atom. The number of nitrogens with one attached hydrogen (secondary N) is 1. The average Bonchev–Trinajstić information content (AvgIpc) is 2.00. The molecule has 1 N–H and O–H groups in total. The Morgan fingerprint density at radius 3 is 2.38 bits per heavy atom. The molecular weight excluding hydrogens is 166 g/mol. The van der Waals surface area contributed by atoms with Gasteiger partial charge < -0.3 is 5.32 Å². The van der Waals surface area contributed by atoms with Gasteiger partial charge in [-0.2, -0.15) is 0 Å². The highest BCUT2D eigenvalue weighted by atomic mass is 16.2. The van der Waals surface area contributed by atoms with Crippen LogP contribution >= 0.6 is 0 Å². The number of allylic oxidation sites excluding steroid dienone is 2. The van der Waals surface area contributed by atoms with Crippen molar-refractivity contribution in [1.29, 1.82) is 0 Å². The van der Waals surface area contributed by atoms with Gasteiger partial charge >= 0.3 is 0 Å². The molecular formula is C10H17NO2. The Hall–Kier alpha value is -1.12. The highest BCUT2D eigenvalue weighted by Crippen LogP contribution is 1.93. The molecule has 0 atom stereocenters. The third kappa shape index (κ3) is 7.25. The van der Waals surface area contributed by atoms with Crippen molar-refractivity contribution in [2.75, 3.05) is 0 Å². The molecule has 0 rings (SSSR count). The summed E-state index contributed by atoms with van der Waals surface area (Å²) in [5.74, 6) is -0.0609. The number of hydrogen-bond acceptors (Lipinski definition) is 2. The summed E-state index contributed by atoms with van der Waals surface area (Å²) in [5, 5.41) is 2.72. The van der Waals surface area contributed by atoms with Crippen molar-refractivity contribution >= 4 is 11.7 Å². The molecule has 74 valence electrons. The van der Waals surface area contributed by atoms with E-state index in [0.29, 0.717) is 6.42 Å². The summed E-state index contributed by atoms with van der Waals surface area (Å²) in [5.41, 5.74) is 0. The van der Waals surface area contributed by atoms with Gasteiger partial charge in [-0.15, -0.1) is 0 Å². The average molecular weight is 183 g/mol. The van der Waals surface area contributed by atoms with Crippen molar-refractivity contribution in [3.05, 3.63) is 12.2 Å². The fourth-order valence-corrected chi connectivity index (χ4v) is 0.900. The monoisotopic (exact) mass is 183 g/mol. The first kappa shape index (κ1) is 11.9. The van der Waals surface area contributed by atoms with Crippen LogP contribution in [-0.2, 0) is 9.59 Å². The summed E-state index contributed by atoms with van der Waals surface area (Å²) in [6.45, 7) is 5.57. The molecule has 0 saturated carbocycles. The van der Waals surface area contributed by atoms with E-state index in [-0.39, 0.29) is 24.2 Å². The van der Waals surface area contributed by atoms with E-state index in [4.69, 9.17) is 0 Å². The maximum absolute atomic E-state index is 11.1. The topological polar surface area (TPSA) is 46.2 Å². The van der Waals surface area contributed by atoms with Crippen LogP contribution in [0.1, 0.15) is 33.6 Å². The summed E-state index contributed by atoms with van der Waals surface area (Å²) in [7, 11) is 0. The summed E-state index contributed by atoms with van der Waals surface area (Å²) < 4.78 is 0. The van der Waals surface area contributed by atoms with Crippen molar-refractivity contribution < 1.29 is 9.59 Å². The Bertz CT molecular complexity index is 207. The molecule has 13 heavy (non-hydrogen) atoms. The molecule has 0 aliphatic carbocycles. The van der Waals surface area contributed by atoms with Gasteiger partial charge in [0.05, 0.1) is 0 Å². The Morgan fingerprint density at radius 1 is 1.31 bits per heavy atom. The molecule has 0 bridgehead atoms. The highest BCUT2D eigenvalue weighted by molar-refractivity contribution is 5.92. The quantitative estimate of drug-likeness (QED) is 0.655. The van der Waals surface area contributed by atoms with Gasteiger partial charge in [0.15, 0.2) is 5.78 Å². The second kappa shape index (κ2) is 6.40. The van der Waals surface area contributed by atoms with E-state index in [2.05, 4.69) is 5.32 Å². The van der Waals surface area contributed by atoms with Crippen molar-refractivity contribution in [2.45, 2.75) is 39.7 Å². The zero-order valence-corrected chi connectivity index (χ0v) is 8.46. The minimum atomic E-state index is -0.0622. The molecule has 0 fully saturated rings. The van der Waals surface area contributed by atoms with Gasteiger partial charge in [0.2, 0.25) is 5.91 Å². The molecule has 0 saturated heterocycles. The van der Waals surface area contributed by atoms with Crippen LogP contribution in [0.3, 0.4) is 0 Å². The SMILES string of the molecule is C/C=C/C(=O)CCC(=O)NC(C)C. The molecule has 0 radical (unpaired) electrons. The summed E-state index contributed by atoms with van der Waals surface area (Å²) in [6, 6.07) is 0.143. The number of ketones is 1. The molecule has 0 aromatic rings. The lowest BCUT2D eigenvalue weighted by Crippen LogP contribution is -2.30. The molecule has 0 aliphatic rings. The van der Waals surface area contributed by atoms with Gasteiger partial charge in [0, 0.05) is 18.9 Å². The van der Waals surface area contributed by atoms with Crippen LogP contribution in [0.5, 0.6) is 0 Å². The van der Waals surface area contributed by atoms with Crippen LogP contribution in [0.15, 0.2) is 12.2 Å². The minimum absolute atomic E-state index is 0.00130. The first-order chi connectivity index (χ1) is 6.06. The minimum Gasteiger partial charge on any atom is -0.354 e. The molecule has 0 heterocycles. The zero-order chi connectivity index (χ0) is 10.3. The van der Waals surface area contributed by atoms with Crippen LogP contribution in [-0.4, -0.2) is 17.7 Å². The van der Waals surface area contributed by atoms with E-state index in [0.717, 1.165) is 0 Å². The molecule has 0 aromatic heterocycles. The summed E-state index contributed by atoms with van der Waals surface area (Å²) in [4.78, 5) is 22.0. The Labute approximate surface area is 79.2 Å². The molecule has 0 spiro atoms. The highest BCUT2D eigenvalue weighted by Gasteiger charge is 2.04. The predicted molar refractivity (Wildman–Crippen MR) is 52.3 cm³/mol. The second-order valence-electron chi connectivity index (χ2n) is 3.19. The smallest absolute Gasteiger partial charge is 0.220 e. The van der Waals surface area contributed by atoms with E-state index in [1.165, 1.54) is 6.08 Å². The van der Waals surface area contributed by atoms with Crippen LogP contribution in [0.25, 0.3) is 0 Å². The fraction of sp³-hybridized carbons (Fsp3) is 0.600. The van der Waals surface area contributed by atoms with Gasteiger partial charge in [-0.3, -0.25) is 9.59 Å². The number of carbonyl (C=O) groups is 2. The number of carbonyl (C=O) groups excluding carboxylic acids is 2. The number of rotatable bonds is 5. The van der Waals surface area contributed by atoms with E-state index in [1.54, 1.807) is 13.0 Å². The van der Waals surface area contributed by atoms with Crippen molar-refractivity contribution in [1.82, 2.24) is 5.32 Å². The fourth-order valence-electron chi connectivity index (χ4n) is 0.900. The van der Waals surface area contributed by atoms with E-state index in [9.17, 15) is 9.59 Å². The molecule has 1 amide bonds. The van der Waals surface area contributed by atoms with Gasteiger partial charge in [-0.05, 0) is 26.8 Å². The zero-order valence-electron chi connectivity index (χ0n) is 8.46. The maximum atomic E-state index is 11.1. The van der Waals surface area contributed by atoms with Gasteiger partial charge in [-0.25, -0.2) is 0 Å². The molecule has 0 aromatic carbocycles.